The Morgan fingerprint density at radius 3 is 2.39 bits per heavy atom. The van der Waals surface area contributed by atoms with E-state index in [2.05, 4.69) is 12.2 Å². The first-order valence-corrected chi connectivity index (χ1v) is 12.7. The van der Waals surface area contributed by atoms with Crippen molar-refractivity contribution in [1.29, 1.82) is 0 Å². The summed E-state index contributed by atoms with van der Waals surface area (Å²) in [4.78, 5) is 26.0. The van der Waals surface area contributed by atoms with Gasteiger partial charge in [0.1, 0.15) is 0 Å². The maximum absolute atomic E-state index is 13.1. The Hall–Kier alpha value is -3.56. The third kappa shape index (κ3) is 5.47. The lowest BCUT2D eigenvalue weighted by atomic mass is 10.1. The number of carbonyl (C=O) groups excluding carboxylic acids is 2. The lowest BCUT2D eigenvalue weighted by Crippen LogP contribution is -2.39. The van der Waals surface area contributed by atoms with E-state index in [4.69, 9.17) is 21.7 Å². The number of rotatable bonds is 8. The van der Waals surface area contributed by atoms with E-state index < -0.39 is 0 Å². The second-order valence-electron chi connectivity index (χ2n) is 8.22. The molecular weight excluding hydrogens is 494 g/mol. The van der Waals surface area contributed by atoms with E-state index >= 15 is 0 Å². The van der Waals surface area contributed by atoms with Crippen molar-refractivity contribution in [3.05, 3.63) is 82.0 Å². The van der Waals surface area contributed by atoms with E-state index in [0.717, 1.165) is 23.4 Å². The van der Waals surface area contributed by atoms with E-state index in [1.165, 1.54) is 29.4 Å². The summed E-state index contributed by atoms with van der Waals surface area (Å²) in [6.45, 7) is 5.78. The molecular formula is C27H27N3O4S2. The number of hydrogen-bond acceptors (Lipinski definition) is 6. The molecule has 0 bridgehead atoms. The number of anilines is 1. The molecule has 0 radical (unpaired) electrons. The number of methoxy groups -OCH3 is 1. The largest absolute Gasteiger partial charge is 0.493 e. The normalized spacial score (nSPS) is 14.4. The zero-order valence-electron chi connectivity index (χ0n) is 20.5. The van der Waals surface area contributed by atoms with Crippen molar-refractivity contribution in [1.82, 2.24) is 4.68 Å². The van der Waals surface area contributed by atoms with Crippen LogP contribution in [-0.4, -0.2) is 34.5 Å². The van der Waals surface area contributed by atoms with Gasteiger partial charge in [-0.1, -0.05) is 36.9 Å². The quantitative estimate of drug-likeness (QED) is 0.323. The predicted molar refractivity (Wildman–Crippen MR) is 148 cm³/mol. The Morgan fingerprint density at radius 2 is 1.75 bits per heavy atom. The summed E-state index contributed by atoms with van der Waals surface area (Å²) in [6.07, 6.45) is 2.71. The summed E-state index contributed by atoms with van der Waals surface area (Å²) in [5.41, 5.74) is 4.52. The van der Waals surface area contributed by atoms with E-state index in [-0.39, 0.29) is 18.4 Å². The Kier molecular flexibility index (Phi) is 7.81. The highest BCUT2D eigenvalue weighted by atomic mass is 32.2. The number of aryl methyl sites for hydroxylation is 3. The number of ether oxygens (including phenoxy) is 2. The van der Waals surface area contributed by atoms with Crippen LogP contribution >= 0.6 is 24.0 Å². The molecule has 186 valence electrons. The molecule has 0 unspecified atom stereocenters. The molecule has 1 aliphatic rings. The molecule has 2 heterocycles. The van der Waals surface area contributed by atoms with Gasteiger partial charge in [-0.2, -0.15) is 5.01 Å². The van der Waals surface area contributed by atoms with E-state index in [1.54, 1.807) is 24.3 Å². The number of benzene rings is 2. The molecule has 1 fully saturated rings. The van der Waals surface area contributed by atoms with Gasteiger partial charge < -0.3 is 14.8 Å². The molecule has 3 aromatic rings. The average Bonchev–Trinajstić information content (AvgIpc) is 3.34. The Labute approximate surface area is 220 Å². The lowest BCUT2D eigenvalue weighted by molar-refractivity contribution is -0.118. The molecule has 2 amide bonds. The zero-order chi connectivity index (χ0) is 25.8. The van der Waals surface area contributed by atoms with E-state index in [1.807, 2.05) is 54.9 Å². The number of hydrogen-bond donors (Lipinski definition) is 1. The van der Waals surface area contributed by atoms with Gasteiger partial charge in [0.05, 0.1) is 12.0 Å². The summed E-state index contributed by atoms with van der Waals surface area (Å²) in [7, 11) is 1.53. The molecule has 1 saturated heterocycles. The lowest BCUT2D eigenvalue weighted by Gasteiger charge is -2.20. The van der Waals surface area contributed by atoms with Crippen molar-refractivity contribution in [3.63, 3.8) is 0 Å². The van der Waals surface area contributed by atoms with Crippen LogP contribution in [0.1, 0.15) is 29.4 Å². The van der Waals surface area contributed by atoms with Crippen molar-refractivity contribution < 1.29 is 19.1 Å². The van der Waals surface area contributed by atoms with Crippen LogP contribution in [-0.2, 0) is 16.0 Å². The third-order valence-corrected chi connectivity index (χ3v) is 6.98. The highest BCUT2D eigenvalue weighted by molar-refractivity contribution is 8.27. The number of nitrogens with one attached hydrogen (secondary N) is 1. The number of aromatic nitrogens is 1. The van der Waals surface area contributed by atoms with Gasteiger partial charge in [-0.05, 0) is 86.1 Å². The third-order valence-electron chi connectivity index (χ3n) is 5.70. The minimum atomic E-state index is -0.273. The highest BCUT2D eigenvalue weighted by Crippen LogP contribution is 2.35. The van der Waals surface area contributed by atoms with Crippen molar-refractivity contribution in [2.24, 2.45) is 0 Å². The van der Waals surface area contributed by atoms with Crippen LogP contribution in [0.2, 0.25) is 0 Å². The van der Waals surface area contributed by atoms with Gasteiger partial charge >= 0.3 is 0 Å². The Balaban J connectivity index is 1.44. The van der Waals surface area contributed by atoms with Gasteiger partial charge in [0, 0.05) is 17.1 Å². The van der Waals surface area contributed by atoms with Crippen LogP contribution < -0.4 is 19.8 Å². The van der Waals surface area contributed by atoms with Crippen LogP contribution in [0, 0.1) is 13.8 Å². The molecule has 1 N–H and O–H groups in total. The molecule has 1 aromatic heterocycles. The second-order valence-corrected chi connectivity index (χ2v) is 9.89. The van der Waals surface area contributed by atoms with Gasteiger partial charge in [-0.3, -0.25) is 14.3 Å². The summed E-state index contributed by atoms with van der Waals surface area (Å²) in [5, 5.41) is 4.33. The molecule has 1 aliphatic heterocycles. The van der Waals surface area contributed by atoms with Gasteiger partial charge in [0.15, 0.2) is 22.4 Å². The molecule has 9 heteroatoms. The molecule has 0 saturated carbocycles. The van der Waals surface area contributed by atoms with Gasteiger partial charge in [-0.15, -0.1) is 0 Å². The van der Waals surface area contributed by atoms with Crippen molar-refractivity contribution in [3.8, 4) is 11.5 Å². The molecule has 36 heavy (non-hydrogen) atoms. The number of carbonyl (C=O) groups is 2. The maximum atomic E-state index is 13.1. The fourth-order valence-corrected chi connectivity index (χ4v) is 5.06. The summed E-state index contributed by atoms with van der Waals surface area (Å²) >= 11 is 6.74. The Bertz CT molecular complexity index is 1330. The maximum Gasteiger partial charge on any atom is 0.285 e. The van der Waals surface area contributed by atoms with Gasteiger partial charge in [0.2, 0.25) is 0 Å². The summed E-state index contributed by atoms with van der Waals surface area (Å²) in [6, 6.07) is 16.9. The van der Waals surface area contributed by atoms with Crippen LogP contribution in [0.15, 0.2) is 59.5 Å². The van der Waals surface area contributed by atoms with Crippen LogP contribution in [0.4, 0.5) is 5.69 Å². The van der Waals surface area contributed by atoms with Crippen LogP contribution in [0.5, 0.6) is 11.5 Å². The van der Waals surface area contributed by atoms with Crippen molar-refractivity contribution in [2.45, 2.75) is 27.2 Å². The standard InChI is InChI=1S/C27H27N3O4S2/c1-5-19-8-11-21(12-9-19)28-25(31)16-34-22-13-10-20(14-23(22)33-4)15-24-26(32)30(27(35)36-24)29-17(2)6-7-18(29)3/h6-15H,5,16H2,1-4H3,(H,28,31)/b24-15-. The van der Waals surface area contributed by atoms with E-state index in [0.29, 0.717) is 26.4 Å². The molecule has 2 aromatic carbocycles. The van der Waals surface area contributed by atoms with Gasteiger partial charge in [0.25, 0.3) is 11.8 Å². The fraction of sp³-hybridized carbons (Fsp3) is 0.222. The fourth-order valence-electron chi connectivity index (χ4n) is 3.82. The first-order chi connectivity index (χ1) is 17.3. The van der Waals surface area contributed by atoms with Crippen LogP contribution in [0.3, 0.4) is 0 Å². The first kappa shape index (κ1) is 25.5. The molecule has 4 rings (SSSR count). The summed E-state index contributed by atoms with van der Waals surface area (Å²) in [5.74, 6) is 0.425. The minimum Gasteiger partial charge on any atom is -0.493 e. The smallest absolute Gasteiger partial charge is 0.285 e. The molecule has 0 spiro atoms. The SMILES string of the molecule is CCc1ccc(NC(=O)COc2ccc(/C=C3\SC(=S)N(n4c(C)ccc4C)C3=O)cc2OC)cc1. The molecule has 0 aliphatic carbocycles. The topological polar surface area (TPSA) is 72.8 Å². The minimum absolute atomic E-state index is 0.167. The van der Waals surface area contributed by atoms with E-state index in [9.17, 15) is 9.59 Å². The number of amides is 2. The number of thiocarbonyl (C=S) groups is 1. The van der Waals surface area contributed by atoms with Crippen molar-refractivity contribution >= 4 is 51.9 Å². The monoisotopic (exact) mass is 521 g/mol. The Morgan fingerprint density at radius 1 is 1.06 bits per heavy atom. The molecule has 0 atom stereocenters. The van der Waals surface area contributed by atoms with Crippen LogP contribution in [0.25, 0.3) is 6.08 Å². The molecule has 7 nitrogen and oxygen atoms in total. The summed E-state index contributed by atoms with van der Waals surface area (Å²) < 4.78 is 13.5. The van der Waals surface area contributed by atoms with Crippen molar-refractivity contribution in [2.75, 3.05) is 24.0 Å². The average molecular weight is 522 g/mol. The second kappa shape index (κ2) is 11.0. The number of nitrogens with zero attached hydrogens (tertiary/aromatic N) is 2. The highest BCUT2D eigenvalue weighted by Gasteiger charge is 2.34. The predicted octanol–water partition coefficient (Wildman–Crippen LogP) is 5.23. The zero-order valence-corrected chi connectivity index (χ0v) is 22.2. The first-order valence-electron chi connectivity index (χ1n) is 11.4. The number of thioether (sulfide) groups is 1. The van der Waals surface area contributed by atoms with Gasteiger partial charge in [-0.25, -0.2) is 0 Å².